The molecule has 2 aromatic heterocycles. The molecule has 4 aromatic rings. The number of phenols is 1. The fourth-order valence-electron chi connectivity index (χ4n) is 3.84. The highest BCUT2D eigenvalue weighted by Crippen LogP contribution is 2.36. The van der Waals surface area contributed by atoms with Crippen LogP contribution in [0.4, 0.5) is 0 Å². The highest BCUT2D eigenvalue weighted by Gasteiger charge is 2.23. The molecule has 0 aliphatic heterocycles. The van der Waals surface area contributed by atoms with Crippen LogP contribution in [0.2, 0.25) is 0 Å². The number of aromatic nitrogens is 2. The van der Waals surface area contributed by atoms with Crippen LogP contribution >= 0.6 is 11.3 Å². The number of hydrogen-bond donors (Lipinski definition) is 2. The van der Waals surface area contributed by atoms with E-state index in [0.29, 0.717) is 35.0 Å². The van der Waals surface area contributed by atoms with Crippen LogP contribution in [0.25, 0.3) is 21.1 Å². The quantitative estimate of drug-likeness (QED) is 0.505. The lowest BCUT2D eigenvalue weighted by atomic mass is 9.95. The number of aliphatic hydroxyl groups excluding tert-OH is 1. The Hall–Kier alpha value is -2.90. The number of amides is 1. The Balaban J connectivity index is 1.73. The number of nitrogens with zero attached hydrogens (tertiary/aromatic N) is 3. The fourth-order valence-corrected chi connectivity index (χ4v) is 4.85. The number of carbonyl (C=O) groups is 1. The molecule has 1 amide bonds. The maximum absolute atomic E-state index is 12.9. The third-order valence-corrected chi connectivity index (χ3v) is 6.64. The number of rotatable bonds is 5. The Labute approximate surface area is 179 Å². The highest BCUT2D eigenvalue weighted by atomic mass is 32.1. The normalized spacial score (nSPS) is 12.6. The first-order valence-electron chi connectivity index (χ1n) is 9.83. The Bertz CT molecular complexity index is 1260. The molecule has 1 atom stereocenters. The molecule has 2 N–H and O–H groups in total. The van der Waals surface area contributed by atoms with Crippen LogP contribution < -0.4 is 0 Å². The average Bonchev–Trinajstić information content (AvgIpc) is 3.28. The summed E-state index contributed by atoms with van der Waals surface area (Å²) in [4.78, 5) is 18.8. The summed E-state index contributed by atoms with van der Waals surface area (Å²) in [6.45, 7) is 1.86. The minimum atomic E-state index is -0.691. The minimum Gasteiger partial charge on any atom is -0.505 e. The SMILES string of the molecule is Cc1nc2c(O)c(CCC(O)c3csc4ccccc34)c(C(=O)N(C)C)cc2n1C. The van der Waals surface area contributed by atoms with Gasteiger partial charge in [-0.2, -0.15) is 0 Å². The summed E-state index contributed by atoms with van der Waals surface area (Å²) in [6, 6.07) is 9.77. The van der Waals surface area contributed by atoms with Crippen molar-refractivity contribution in [1.82, 2.24) is 14.5 Å². The number of carbonyl (C=O) groups excluding carboxylic acids is 1. The summed E-state index contributed by atoms with van der Waals surface area (Å²) in [5.41, 5.74) is 3.04. The lowest BCUT2D eigenvalue weighted by Crippen LogP contribution is -2.23. The Morgan fingerprint density at radius 3 is 2.77 bits per heavy atom. The van der Waals surface area contributed by atoms with Crippen LogP contribution in [0.3, 0.4) is 0 Å². The van der Waals surface area contributed by atoms with Gasteiger partial charge in [0.05, 0.1) is 11.6 Å². The van der Waals surface area contributed by atoms with Gasteiger partial charge in [0, 0.05) is 37.0 Å². The number of benzene rings is 2. The molecule has 2 heterocycles. The van der Waals surface area contributed by atoms with Crippen molar-refractivity contribution < 1.29 is 15.0 Å². The maximum Gasteiger partial charge on any atom is 0.253 e. The molecule has 1 unspecified atom stereocenters. The van der Waals surface area contributed by atoms with Gasteiger partial charge < -0.3 is 19.7 Å². The number of aryl methyl sites for hydroxylation is 2. The van der Waals surface area contributed by atoms with Gasteiger partial charge in [-0.15, -0.1) is 11.3 Å². The van der Waals surface area contributed by atoms with Crippen LogP contribution in [-0.4, -0.2) is 44.7 Å². The summed E-state index contributed by atoms with van der Waals surface area (Å²) in [7, 11) is 5.24. The highest BCUT2D eigenvalue weighted by molar-refractivity contribution is 7.17. The van der Waals surface area contributed by atoms with Gasteiger partial charge in [0.2, 0.25) is 0 Å². The molecular weight excluding hydrogens is 398 g/mol. The van der Waals surface area contributed by atoms with Crippen LogP contribution in [0.1, 0.15) is 39.8 Å². The average molecular weight is 424 g/mol. The van der Waals surface area contributed by atoms with Crippen LogP contribution in [-0.2, 0) is 13.5 Å². The lowest BCUT2D eigenvalue weighted by molar-refractivity contribution is 0.0825. The molecule has 0 aliphatic carbocycles. The van der Waals surface area contributed by atoms with Gasteiger partial charge in [0.1, 0.15) is 17.1 Å². The first-order chi connectivity index (χ1) is 14.3. The number of thiophene rings is 1. The molecule has 0 saturated carbocycles. The van der Waals surface area contributed by atoms with Gasteiger partial charge in [-0.05, 0) is 48.2 Å². The molecule has 30 heavy (non-hydrogen) atoms. The van der Waals surface area contributed by atoms with E-state index in [9.17, 15) is 15.0 Å². The monoisotopic (exact) mass is 423 g/mol. The molecule has 0 fully saturated rings. The summed E-state index contributed by atoms with van der Waals surface area (Å²) >= 11 is 1.60. The van der Waals surface area contributed by atoms with Gasteiger partial charge in [0.25, 0.3) is 5.91 Å². The Kier molecular flexibility index (Phi) is 5.26. The van der Waals surface area contributed by atoms with E-state index in [1.54, 1.807) is 31.5 Å². The van der Waals surface area contributed by atoms with Gasteiger partial charge in [-0.1, -0.05) is 18.2 Å². The van der Waals surface area contributed by atoms with E-state index in [2.05, 4.69) is 4.98 Å². The van der Waals surface area contributed by atoms with E-state index in [4.69, 9.17) is 0 Å². The molecule has 0 bridgehead atoms. The van der Waals surface area contributed by atoms with Gasteiger partial charge >= 0.3 is 0 Å². The summed E-state index contributed by atoms with van der Waals surface area (Å²) in [5.74, 6) is 0.589. The molecule has 6 nitrogen and oxygen atoms in total. The predicted molar refractivity (Wildman–Crippen MR) is 120 cm³/mol. The van der Waals surface area contributed by atoms with Crippen molar-refractivity contribution in [3.05, 3.63) is 58.2 Å². The van der Waals surface area contributed by atoms with Gasteiger partial charge in [-0.25, -0.2) is 4.98 Å². The molecular formula is C23H25N3O3S. The molecule has 0 radical (unpaired) electrons. The van der Waals surface area contributed by atoms with E-state index in [1.165, 1.54) is 4.90 Å². The Morgan fingerprint density at radius 1 is 1.30 bits per heavy atom. The van der Waals surface area contributed by atoms with Crippen LogP contribution in [0.15, 0.2) is 35.7 Å². The first-order valence-corrected chi connectivity index (χ1v) is 10.7. The number of phenolic OH excluding ortho intramolecular Hbond substituents is 1. The second-order valence-corrected chi connectivity index (χ2v) is 8.69. The molecule has 0 saturated heterocycles. The zero-order valence-electron chi connectivity index (χ0n) is 17.5. The largest absolute Gasteiger partial charge is 0.505 e. The van der Waals surface area contributed by atoms with E-state index in [-0.39, 0.29) is 11.7 Å². The third-order valence-electron chi connectivity index (χ3n) is 5.65. The van der Waals surface area contributed by atoms with Gasteiger partial charge in [-0.3, -0.25) is 4.79 Å². The molecule has 4 rings (SSSR count). The number of hydrogen-bond acceptors (Lipinski definition) is 5. The smallest absolute Gasteiger partial charge is 0.253 e. The summed E-state index contributed by atoms with van der Waals surface area (Å²) in [5, 5.41) is 24.9. The topological polar surface area (TPSA) is 78.6 Å². The molecule has 2 aromatic carbocycles. The summed E-state index contributed by atoms with van der Waals surface area (Å²) in [6.07, 6.45) is 0.0563. The minimum absolute atomic E-state index is 0.0174. The number of aromatic hydroxyl groups is 1. The first kappa shape index (κ1) is 20.4. The van der Waals surface area contributed by atoms with E-state index in [0.717, 1.165) is 21.5 Å². The second-order valence-electron chi connectivity index (χ2n) is 7.78. The van der Waals surface area contributed by atoms with E-state index >= 15 is 0 Å². The number of imidazole rings is 1. The van der Waals surface area contributed by atoms with Crippen molar-refractivity contribution in [2.45, 2.75) is 25.9 Å². The lowest BCUT2D eigenvalue weighted by Gasteiger charge is -2.17. The zero-order chi connectivity index (χ0) is 21.6. The van der Waals surface area contributed by atoms with Crippen LogP contribution in [0, 0.1) is 6.92 Å². The van der Waals surface area contributed by atoms with Crippen LogP contribution in [0.5, 0.6) is 5.75 Å². The van der Waals surface area contributed by atoms with Gasteiger partial charge in [0.15, 0.2) is 0 Å². The van der Waals surface area contributed by atoms with E-state index in [1.807, 2.05) is 48.2 Å². The predicted octanol–water partition coefficient (Wildman–Crippen LogP) is 4.17. The fraction of sp³-hybridized carbons (Fsp3) is 0.304. The maximum atomic E-state index is 12.9. The van der Waals surface area contributed by atoms with Crippen molar-refractivity contribution >= 4 is 38.4 Å². The number of fused-ring (bicyclic) bond motifs is 2. The van der Waals surface area contributed by atoms with Crippen molar-refractivity contribution in [1.29, 1.82) is 0 Å². The van der Waals surface area contributed by atoms with Crippen molar-refractivity contribution in [3.8, 4) is 5.75 Å². The number of aliphatic hydroxyl groups is 1. The van der Waals surface area contributed by atoms with Crippen molar-refractivity contribution in [2.75, 3.05) is 14.1 Å². The molecule has 7 heteroatoms. The zero-order valence-corrected chi connectivity index (χ0v) is 18.3. The van der Waals surface area contributed by atoms with E-state index < -0.39 is 6.10 Å². The third kappa shape index (κ3) is 3.34. The molecule has 0 aliphatic rings. The van der Waals surface area contributed by atoms with Crippen molar-refractivity contribution in [2.24, 2.45) is 7.05 Å². The second kappa shape index (κ2) is 7.74. The molecule has 156 valence electrons. The summed E-state index contributed by atoms with van der Waals surface area (Å²) < 4.78 is 2.99. The Morgan fingerprint density at radius 2 is 2.03 bits per heavy atom. The van der Waals surface area contributed by atoms with Crippen molar-refractivity contribution in [3.63, 3.8) is 0 Å². The standard InChI is InChI=1S/C23H25N3O3S/c1-13-24-21-18(26(13)4)11-16(23(29)25(2)3)15(22(21)28)9-10-19(27)17-12-30-20-8-6-5-7-14(17)20/h5-8,11-12,19,27-28H,9-10H2,1-4H3. The molecule has 0 spiro atoms.